The van der Waals surface area contributed by atoms with Crippen LogP contribution in [0.25, 0.3) is 5.52 Å². The second-order valence-corrected chi connectivity index (χ2v) is 3.31. The summed E-state index contributed by atoms with van der Waals surface area (Å²) in [5, 5.41) is 4.10. The Labute approximate surface area is 77.3 Å². The normalized spacial score (nSPS) is 10.6. The molecule has 56 valence electrons. The van der Waals surface area contributed by atoms with Gasteiger partial charge in [-0.2, -0.15) is 0 Å². The molecule has 2 aromatic heterocycles. The lowest BCUT2D eigenvalue weighted by Crippen LogP contribution is -1.87. The maximum absolute atomic E-state index is 5.61. The molecule has 0 radical (unpaired) electrons. The molecule has 3 nitrogen and oxygen atoms in total. The molecule has 0 saturated carbocycles. The van der Waals surface area contributed by atoms with Gasteiger partial charge in [0.05, 0.1) is 9.09 Å². The summed E-state index contributed by atoms with van der Waals surface area (Å²) in [7, 11) is 0. The van der Waals surface area contributed by atoms with Crippen LogP contribution in [-0.4, -0.2) is 9.61 Å². The summed E-state index contributed by atoms with van der Waals surface area (Å²) in [5.41, 5.74) is 6.67. The van der Waals surface area contributed by atoms with E-state index in [-0.39, 0.29) is 0 Å². The Kier molecular flexibility index (Phi) is 1.49. The number of nitrogens with two attached hydrogens (primary N) is 1. The number of fused-ring (bicyclic) bond motifs is 1. The van der Waals surface area contributed by atoms with Crippen molar-refractivity contribution in [1.82, 2.24) is 9.61 Å². The quantitative estimate of drug-likeness (QED) is 0.729. The summed E-state index contributed by atoms with van der Waals surface area (Å²) in [6, 6.07) is 5.89. The molecule has 2 heterocycles. The van der Waals surface area contributed by atoms with Crippen LogP contribution in [0.5, 0.6) is 0 Å². The number of rotatable bonds is 0. The van der Waals surface area contributed by atoms with Crippen LogP contribution < -0.4 is 5.73 Å². The number of anilines is 1. The van der Waals surface area contributed by atoms with Gasteiger partial charge in [0.1, 0.15) is 0 Å². The van der Waals surface area contributed by atoms with Crippen molar-refractivity contribution >= 4 is 33.9 Å². The van der Waals surface area contributed by atoms with Gasteiger partial charge >= 0.3 is 0 Å². The highest BCUT2D eigenvalue weighted by atomic mass is 127. The number of pyridine rings is 1. The predicted octanol–water partition coefficient (Wildman–Crippen LogP) is 1.52. The molecular formula is C7H6IN3. The molecule has 0 fully saturated rings. The maximum atomic E-state index is 5.61. The molecule has 0 spiro atoms. The van der Waals surface area contributed by atoms with Crippen molar-refractivity contribution in [3.8, 4) is 0 Å². The zero-order valence-electron chi connectivity index (χ0n) is 5.66. The molecule has 2 rings (SSSR count). The summed E-state index contributed by atoms with van der Waals surface area (Å²) in [4.78, 5) is 0. The van der Waals surface area contributed by atoms with Crippen molar-refractivity contribution in [2.75, 3.05) is 5.73 Å². The summed E-state index contributed by atoms with van der Waals surface area (Å²) in [6.07, 6.45) is 1.88. The Balaban J connectivity index is 2.92. The first-order valence-electron chi connectivity index (χ1n) is 3.17. The second kappa shape index (κ2) is 2.37. The van der Waals surface area contributed by atoms with Gasteiger partial charge in [0, 0.05) is 6.20 Å². The van der Waals surface area contributed by atoms with E-state index in [4.69, 9.17) is 5.73 Å². The number of nitrogen functional groups attached to an aromatic ring is 1. The maximum Gasteiger partial charge on any atom is 0.160 e. The van der Waals surface area contributed by atoms with Crippen molar-refractivity contribution in [1.29, 1.82) is 0 Å². The molecule has 0 saturated heterocycles. The Morgan fingerprint density at radius 1 is 1.45 bits per heavy atom. The van der Waals surface area contributed by atoms with Gasteiger partial charge in [-0.3, -0.25) is 0 Å². The monoisotopic (exact) mass is 259 g/mol. The van der Waals surface area contributed by atoms with Crippen LogP contribution >= 0.6 is 22.6 Å². The molecule has 0 aliphatic rings. The number of hydrogen-bond donors (Lipinski definition) is 1. The molecule has 0 bridgehead atoms. The van der Waals surface area contributed by atoms with Crippen molar-refractivity contribution in [2.24, 2.45) is 0 Å². The third-order valence-electron chi connectivity index (χ3n) is 1.50. The average Bonchev–Trinajstić information content (AvgIpc) is 2.30. The lowest BCUT2D eigenvalue weighted by atomic mass is 10.4. The van der Waals surface area contributed by atoms with Crippen LogP contribution in [0.4, 0.5) is 5.82 Å². The van der Waals surface area contributed by atoms with Gasteiger partial charge in [0.2, 0.25) is 0 Å². The molecule has 0 aliphatic heterocycles. The molecule has 11 heavy (non-hydrogen) atoms. The zero-order valence-corrected chi connectivity index (χ0v) is 7.82. The van der Waals surface area contributed by atoms with E-state index in [9.17, 15) is 0 Å². The fourth-order valence-corrected chi connectivity index (χ4v) is 1.52. The van der Waals surface area contributed by atoms with Gasteiger partial charge in [-0.15, -0.1) is 5.10 Å². The van der Waals surface area contributed by atoms with Crippen LogP contribution in [0.3, 0.4) is 0 Å². The summed E-state index contributed by atoms with van der Waals surface area (Å²) < 4.78 is 2.79. The lowest BCUT2D eigenvalue weighted by molar-refractivity contribution is 0.968. The first-order valence-corrected chi connectivity index (χ1v) is 4.25. The molecule has 0 atom stereocenters. The van der Waals surface area contributed by atoms with Crippen LogP contribution in [0.15, 0.2) is 24.4 Å². The largest absolute Gasteiger partial charge is 0.381 e. The predicted molar refractivity (Wildman–Crippen MR) is 52.3 cm³/mol. The van der Waals surface area contributed by atoms with E-state index in [1.54, 1.807) is 4.52 Å². The highest BCUT2D eigenvalue weighted by Crippen LogP contribution is 2.18. The minimum atomic E-state index is 0.594. The van der Waals surface area contributed by atoms with Gasteiger partial charge in [0.25, 0.3) is 0 Å². The first-order chi connectivity index (χ1) is 5.29. The summed E-state index contributed by atoms with van der Waals surface area (Å²) in [5.74, 6) is 0.594. The summed E-state index contributed by atoms with van der Waals surface area (Å²) >= 11 is 2.19. The fourth-order valence-electron chi connectivity index (χ4n) is 0.987. The van der Waals surface area contributed by atoms with Crippen LogP contribution in [-0.2, 0) is 0 Å². The van der Waals surface area contributed by atoms with Crippen molar-refractivity contribution < 1.29 is 0 Å². The third-order valence-corrected chi connectivity index (χ3v) is 2.61. The second-order valence-electron chi connectivity index (χ2n) is 2.23. The van der Waals surface area contributed by atoms with Crippen molar-refractivity contribution in [3.05, 3.63) is 28.0 Å². The Morgan fingerprint density at radius 3 is 3.00 bits per heavy atom. The zero-order chi connectivity index (χ0) is 7.84. The molecule has 0 aliphatic carbocycles. The molecule has 4 heteroatoms. The van der Waals surface area contributed by atoms with E-state index in [0.717, 1.165) is 9.09 Å². The van der Waals surface area contributed by atoms with E-state index in [0.29, 0.717) is 5.82 Å². The van der Waals surface area contributed by atoms with Gasteiger partial charge in [-0.05, 0) is 34.7 Å². The van der Waals surface area contributed by atoms with E-state index in [2.05, 4.69) is 27.7 Å². The number of nitrogens with zero attached hydrogens (tertiary/aromatic N) is 2. The van der Waals surface area contributed by atoms with E-state index in [1.165, 1.54) is 0 Å². The summed E-state index contributed by atoms with van der Waals surface area (Å²) in [6.45, 7) is 0. The van der Waals surface area contributed by atoms with Crippen molar-refractivity contribution in [2.45, 2.75) is 0 Å². The van der Waals surface area contributed by atoms with Crippen LogP contribution in [0.2, 0.25) is 0 Å². The highest BCUT2D eigenvalue weighted by molar-refractivity contribution is 14.1. The van der Waals surface area contributed by atoms with Crippen LogP contribution in [0, 0.1) is 3.57 Å². The molecule has 0 aromatic carbocycles. The highest BCUT2D eigenvalue weighted by Gasteiger charge is 2.03. The average molecular weight is 259 g/mol. The number of aromatic nitrogens is 2. The standard InChI is InChI=1S/C7H6IN3/c8-6-5-3-1-2-4-11(5)10-7(6)9/h1-4H,(H2,9,10). The molecular weight excluding hydrogens is 253 g/mol. The molecule has 2 aromatic rings. The van der Waals surface area contributed by atoms with Crippen LogP contribution in [0.1, 0.15) is 0 Å². The van der Waals surface area contributed by atoms with Crippen molar-refractivity contribution in [3.63, 3.8) is 0 Å². The Bertz CT molecular complexity index is 393. The van der Waals surface area contributed by atoms with E-state index in [1.807, 2.05) is 24.4 Å². The number of halogens is 1. The minimum Gasteiger partial charge on any atom is -0.381 e. The Morgan fingerprint density at radius 2 is 2.27 bits per heavy atom. The SMILES string of the molecule is Nc1nn2ccccc2c1I. The van der Waals surface area contributed by atoms with Gasteiger partial charge in [-0.25, -0.2) is 4.52 Å². The first kappa shape index (κ1) is 6.90. The topological polar surface area (TPSA) is 43.3 Å². The minimum absolute atomic E-state index is 0.594. The fraction of sp³-hybridized carbons (Fsp3) is 0. The molecule has 2 N–H and O–H groups in total. The van der Waals surface area contributed by atoms with Gasteiger partial charge in [0.15, 0.2) is 5.82 Å². The van der Waals surface area contributed by atoms with Gasteiger partial charge in [-0.1, -0.05) is 6.07 Å². The lowest BCUT2D eigenvalue weighted by Gasteiger charge is -1.88. The smallest absolute Gasteiger partial charge is 0.160 e. The Hall–Kier alpha value is -0.780. The molecule has 0 amide bonds. The van der Waals surface area contributed by atoms with E-state index < -0.39 is 0 Å². The van der Waals surface area contributed by atoms with Gasteiger partial charge < -0.3 is 5.73 Å². The molecule has 0 unspecified atom stereocenters. The third kappa shape index (κ3) is 0.973. The number of hydrogen-bond acceptors (Lipinski definition) is 2. The van der Waals surface area contributed by atoms with E-state index >= 15 is 0 Å².